The summed E-state index contributed by atoms with van der Waals surface area (Å²) in [6, 6.07) is 2.92. The second kappa shape index (κ2) is 6.67. The lowest BCUT2D eigenvalue weighted by Crippen LogP contribution is -2.36. The molecule has 0 saturated heterocycles. The first-order valence-corrected chi connectivity index (χ1v) is 7.24. The molecule has 0 aromatic carbocycles. The predicted octanol–water partition coefficient (Wildman–Crippen LogP) is 2.02. The molecule has 6 nitrogen and oxygen atoms in total. The Morgan fingerprint density at radius 3 is 2.52 bits per heavy atom. The lowest BCUT2D eigenvalue weighted by molar-refractivity contribution is -0.118. The number of aromatic carboxylic acids is 1. The van der Waals surface area contributed by atoms with Crippen LogP contribution in [0, 0.1) is 5.41 Å². The van der Waals surface area contributed by atoms with Crippen molar-refractivity contribution in [2.75, 3.05) is 11.9 Å². The van der Waals surface area contributed by atoms with Gasteiger partial charge < -0.3 is 16.2 Å². The smallest absolute Gasteiger partial charge is 0.354 e. The van der Waals surface area contributed by atoms with Crippen molar-refractivity contribution in [3.8, 4) is 0 Å². The van der Waals surface area contributed by atoms with Gasteiger partial charge in [0.25, 0.3) is 0 Å². The van der Waals surface area contributed by atoms with Gasteiger partial charge in [-0.25, -0.2) is 9.78 Å². The van der Waals surface area contributed by atoms with Crippen LogP contribution in [-0.2, 0) is 4.79 Å². The molecule has 1 fully saturated rings. The van der Waals surface area contributed by atoms with E-state index < -0.39 is 5.97 Å². The minimum Gasteiger partial charge on any atom is -0.477 e. The summed E-state index contributed by atoms with van der Waals surface area (Å²) in [7, 11) is 0. The van der Waals surface area contributed by atoms with Gasteiger partial charge in [-0.1, -0.05) is 19.3 Å². The Labute approximate surface area is 123 Å². The lowest BCUT2D eigenvalue weighted by Gasteiger charge is -2.35. The fourth-order valence-corrected chi connectivity index (χ4v) is 2.89. The van der Waals surface area contributed by atoms with Crippen LogP contribution in [0.1, 0.15) is 49.0 Å². The summed E-state index contributed by atoms with van der Waals surface area (Å²) in [4.78, 5) is 26.6. The Balaban J connectivity index is 1.95. The van der Waals surface area contributed by atoms with Crippen molar-refractivity contribution in [2.45, 2.75) is 38.5 Å². The van der Waals surface area contributed by atoms with Gasteiger partial charge in [0, 0.05) is 6.42 Å². The number of carboxylic acids is 1. The molecule has 0 spiro atoms. The number of carboxylic acid groups (broad SMARTS) is 1. The largest absolute Gasteiger partial charge is 0.477 e. The first-order chi connectivity index (χ1) is 10.0. The maximum absolute atomic E-state index is 12.2. The van der Waals surface area contributed by atoms with E-state index in [1.165, 1.54) is 18.7 Å². The van der Waals surface area contributed by atoms with E-state index in [-0.39, 0.29) is 17.0 Å². The Bertz CT molecular complexity index is 507. The molecule has 114 valence electrons. The molecule has 1 aromatic heterocycles. The molecule has 0 aliphatic heterocycles. The Kier molecular flexibility index (Phi) is 4.90. The topological polar surface area (TPSA) is 105 Å². The maximum Gasteiger partial charge on any atom is 0.354 e. The van der Waals surface area contributed by atoms with Gasteiger partial charge in [-0.15, -0.1) is 0 Å². The second-order valence-corrected chi connectivity index (χ2v) is 5.73. The van der Waals surface area contributed by atoms with Crippen LogP contribution in [0.3, 0.4) is 0 Å². The molecule has 2 rings (SSSR count). The molecule has 1 aliphatic rings. The van der Waals surface area contributed by atoms with Crippen LogP contribution >= 0.6 is 0 Å². The fraction of sp³-hybridized carbons (Fsp3) is 0.533. The molecule has 0 radical (unpaired) electrons. The van der Waals surface area contributed by atoms with Gasteiger partial charge in [-0.2, -0.15) is 0 Å². The molecule has 6 heteroatoms. The number of rotatable bonds is 5. The molecule has 21 heavy (non-hydrogen) atoms. The van der Waals surface area contributed by atoms with Crippen LogP contribution in [-0.4, -0.2) is 28.5 Å². The lowest BCUT2D eigenvalue weighted by atomic mass is 9.71. The molecule has 0 bridgehead atoms. The summed E-state index contributed by atoms with van der Waals surface area (Å²) in [6.07, 6.45) is 7.21. The first kappa shape index (κ1) is 15.4. The van der Waals surface area contributed by atoms with E-state index in [0.29, 0.717) is 18.7 Å². The Hall–Kier alpha value is -1.95. The van der Waals surface area contributed by atoms with Gasteiger partial charge in [-0.3, -0.25) is 4.79 Å². The van der Waals surface area contributed by atoms with Crippen molar-refractivity contribution in [1.29, 1.82) is 0 Å². The van der Waals surface area contributed by atoms with E-state index in [2.05, 4.69) is 10.3 Å². The van der Waals surface area contributed by atoms with Crippen molar-refractivity contribution in [2.24, 2.45) is 11.1 Å². The zero-order chi connectivity index (χ0) is 15.3. The molecule has 0 unspecified atom stereocenters. The van der Waals surface area contributed by atoms with Gasteiger partial charge >= 0.3 is 5.97 Å². The van der Waals surface area contributed by atoms with E-state index in [4.69, 9.17) is 10.8 Å². The number of nitrogens with two attached hydrogens (primary N) is 1. The number of nitrogens with zero attached hydrogens (tertiary/aromatic N) is 1. The number of amides is 1. The van der Waals surface area contributed by atoms with Crippen molar-refractivity contribution in [3.05, 3.63) is 24.0 Å². The predicted molar refractivity (Wildman–Crippen MR) is 79.0 cm³/mol. The number of anilines is 1. The van der Waals surface area contributed by atoms with Gasteiger partial charge in [-0.05, 0) is 36.9 Å². The van der Waals surface area contributed by atoms with E-state index >= 15 is 0 Å². The van der Waals surface area contributed by atoms with Gasteiger partial charge in [0.05, 0.1) is 11.9 Å². The quantitative estimate of drug-likeness (QED) is 0.769. The molecular weight excluding hydrogens is 270 g/mol. The molecule has 1 saturated carbocycles. The summed E-state index contributed by atoms with van der Waals surface area (Å²) < 4.78 is 0. The molecule has 1 aliphatic carbocycles. The Morgan fingerprint density at radius 1 is 1.29 bits per heavy atom. The van der Waals surface area contributed by atoms with Crippen LogP contribution in [0.4, 0.5) is 5.69 Å². The number of nitrogens with one attached hydrogen (secondary N) is 1. The minimum atomic E-state index is -1.09. The third-order valence-electron chi connectivity index (χ3n) is 4.15. The average Bonchev–Trinajstić information content (AvgIpc) is 2.48. The summed E-state index contributed by atoms with van der Waals surface area (Å²) >= 11 is 0. The summed E-state index contributed by atoms with van der Waals surface area (Å²) in [6.45, 7) is 0.524. The van der Waals surface area contributed by atoms with Crippen LogP contribution in [0.5, 0.6) is 0 Å². The third kappa shape index (κ3) is 4.01. The number of pyridine rings is 1. The summed E-state index contributed by atoms with van der Waals surface area (Å²) in [5.74, 6) is -1.18. The van der Waals surface area contributed by atoms with E-state index in [0.717, 1.165) is 25.7 Å². The molecular formula is C15H21N3O3. The van der Waals surface area contributed by atoms with Crippen LogP contribution in [0.25, 0.3) is 0 Å². The monoisotopic (exact) mass is 291 g/mol. The number of carbonyl (C=O) groups is 2. The zero-order valence-electron chi connectivity index (χ0n) is 12.0. The SMILES string of the molecule is NCC1(CC(=O)Nc2ccc(C(=O)O)nc2)CCCCC1. The standard InChI is InChI=1S/C15H21N3O3/c16-10-15(6-2-1-3-7-15)8-13(19)18-11-4-5-12(14(20)21)17-9-11/h4-5,9H,1-3,6-8,10,16H2,(H,18,19)(H,20,21). The highest BCUT2D eigenvalue weighted by Crippen LogP contribution is 2.38. The normalized spacial score (nSPS) is 17.2. The first-order valence-electron chi connectivity index (χ1n) is 7.24. The fourth-order valence-electron chi connectivity index (χ4n) is 2.89. The van der Waals surface area contributed by atoms with Gasteiger partial charge in [0.1, 0.15) is 5.69 Å². The van der Waals surface area contributed by atoms with Crippen molar-refractivity contribution >= 4 is 17.6 Å². The van der Waals surface area contributed by atoms with Gasteiger partial charge in [0.15, 0.2) is 0 Å². The highest BCUT2D eigenvalue weighted by molar-refractivity contribution is 5.91. The van der Waals surface area contributed by atoms with Gasteiger partial charge in [0.2, 0.25) is 5.91 Å². The van der Waals surface area contributed by atoms with Crippen LogP contribution in [0.15, 0.2) is 18.3 Å². The minimum absolute atomic E-state index is 0.0429. The number of aromatic nitrogens is 1. The van der Waals surface area contributed by atoms with E-state index in [1.54, 1.807) is 6.07 Å². The number of carbonyl (C=O) groups excluding carboxylic acids is 1. The van der Waals surface area contributed by atoms with Crippen molar-refractivity contribution in [3.63, 3.8) is 0 Å². The summed E-state index contributed by atoms with van der Waals surface area (Å²) in [5.41, 5.74) is 6.25. The van der Waals surface area contributed by atoms with E-state index in [1.807, 2.05) is 0 Å². The number of hydrogen-bond donors (Lipinski definition) is 3. The Morgan fingerprint density at radius 2 is 2.00 bits per heavy atom. The van der Waals surface area contributed by atoms with E-state index in [9.17, 15) is 9.59 Å². The molecule has 1 heterocycles. The van der Waals surface area contributed by atoms with Crippen molar-refractivity contribution < 1.29 is 14.7 Å². The highest BCUT2D eigenvalue weighted by atomic mass is 16.4. The molecule has 1 aromatic rings. The third-order valence-corrected chi connectivity index (χ3v) is 4.15. The number of hydrogen-bond acceptors (Lipinski definition) is 4. The van der Waals surface area contributed by atoms with Crippen LogP contribution in [0.2, 0.25) is 0 Å². The highest BCUT2D eigenvalue weighted by Gasteiger charge is 2.32. The molecule has 1 amide bonds. The second-order valence-electron chi connectivity index (χ2n) is 5.73. The summed E-state index contributed by atoms with van der Waals surface area (Å²) in [5, 5.41) is 11.5. The average molecular weight is 291 g/mol. The van der Waals surface area contributed by atoms with Crippen LogP contribution < -0.4 is 11.1 Å². The molecule has 4 N–H and O–H groups in total. The maximum atomic E-state index is 12.2. The molecule has 0 atom stereocenters. The zero-order valence-corrected chi connectivity index (χ0v) is 12.0. The van der Waals surface area contributed by atoms with Crippen molar-refractivity contribution in [1.82, 2.24) is 4.98 Å².